The third kappa shape index (κ3) is 9.23. The van der Waals surface area contributed by atoms with E-state index in [2.05, 4.69) is 34.4 Å². The summed E-state index contributed by atoms with van der Waals surface area (Å²) >= 11 is 0. The number of nitrogens with zero attached hydrogens (tertiary/aromatic N) is 2. The van der Waals surface area contributed by atoms with Crippen molar-refractivity contribution in [3.8, 4) is 0 Å². The topological polar surface area (TPSA) is 83.0 Å². The van der Waals surface area contributed by atoms with Crippen LogP contribution in [0.5, 0.6) is 0 Å². The van der Waals surface area contributed by atoms with Crippen LogP contribution in [0.4, 0.5) is 0 Å². The highest BCUT2D eigenvalue weighted by Crippen LogP contribution is 2.19. The maximum Gasteiger partial charge on any atom is 0.191 e. The van der Waals surface area contributed by atoms with Crippen molar-refractivity contribution >= 4 is 39.8 Å². The Balaban J connectivity index is 0.00000480. The molecule has 0 spiro atoms. The lowest BCUT2D eigenvalue weighted by molar-refractivity contribution is 0.00272. The first kappa shape index (κ1) is 28.1. The minimum absolute atomic E-state index is 0. The average Bonchev–Trinajstić information content (AvgIpc) is 2.75. The second-order valence-electron chi connectivity index (χ2n) is 7.84. The molecule has 1 aliphatic heterocycles. The van der Waals surface area contributed by atoms with Gasteiger partial charge < -0.3 is 15.4 Å². The molecule has 9 heteroatoms. The Bertz CT molecular complexity index is 761. The number of benzene rings is 1. The van der Waals surface area contributed by atoms with E-state index in [1.807, 2.05) is 12.1 Å². The third-order valence-electron chi connectivity index (χ3n) is 5.87. The number of aliphatic imine (C=N–C) groups is 1. The molecule has 2 N–H and O–H groups in total. The molecule has 178 valence electrons. The summed E-state index contributed by atoms with van der Waals surface area (Å²) in [6.07, 6.45) is 4.35. The predicted octanol–water partition coefficient (Wildman–Crippen LogP) is 2.55. The Morgan fingerprint density at radius 3 is 2.26 bits per heavy atom. The summed E-state index contributed by atoms with van der Waals surface area (Å²) in [5.41, 5.74) is 1.09. The van der Waals surface area contributed by atoms with Crippen molar-refractivity contribution in [3.05, 3.63) is 29.8 Å². The number of halogens is 1. The van der Waals surface area contributed by atoms with Crippen LogP contribution in [0.3, 0.4) is 0 Å². The van der Waals surface area contributed by atoms with E-state index in [1.54, 1.807) is 19.2 Å². The number of sulfone groups is 1. The van der Waals surface area contributed by atoms with E-state index in [-0.39, 0.29) is 24.0 Å². The zero-order chi connectivity index (χ0) is 22.0. The van der Waals surface area contributed by atoms with Crippen LogP contribution in [-0.4, -0.2) is 78.0 Å². The second-order valence-corrected chi connectivity index (χ2v) is 9.85. The Labute approximate surface area is 205 Å². The van der Waals surface area contributed by atoms with E-state index < -0.39 is 9.84 Å². The van der Waals surface area contributed by atoms with Gasteiger partial charge >= 0.3 is 0 Å². The molecule has 0 amide bonds. The number of hydrogen-bond donors (Lipinski definition) is 2. The third-order valence-corrected chi connectivity index (χ3v) is 7.00. The zero-order valence-electron chi connectivity index (χ0n) is 19.3. The SMILES string of the molecule is CCC(CC)C(CNC(=NC)NCCc1ccc(S(C)(=O)=O)cc1)N1CCOCC1.I. The molecular formula is C22H39IN4O3S. The van der Waals surface area contributed by atoms with E-state index in [0.29, 0.717) is 16.9 Å². The van der Waals surface area contributed by atoms with Gasteiger partial charge in [0.15, 0.2) is 15.8 Å². The first-order valence-corrected chi connectivity index (χ1v) is 12.8. The minimum atomic E-state index is -3.15. The smallest absolute Gasteiger partial charge is 0.191 e. The first-order chi connectivity index (χ1) is 14.4. The lowest BCUT2D eigenvalue weighted by atomic mass is 9.92. The van der Waals surface area contributed by atoms with Crippen LogP contribution in [0.1, 0.15) is 32.3 Å². The highest BCUT2D eigenvalue weighted by Gasteiger charge is 2.26. The maximum atomic E-state index is 11.6. The molecule has 1 heterocycles. The van der Waals surface area contributed by atoms with E-state index in [9.17, 15) is 8.42 Å². The van der Waals surface area contributed by atoms with Crippen LogP contribution in [0, 0.1) is 5.92 Å². The van der Waals surface area contributed by atoms with Crippen molar-refractivity contribution in [2.24, 2.45) is 10.9 Å². The van der Waals surface area contributed by atoms with Crippen LogP contribution in [-0.2, 0) is 21.0 Å². The van der Waals surface area contributed by atoms with Crippen molar-refractivity contribution in [1.82, 2.24) is 15.5 Å². The number of ether oxygens (including phenoxy) is 1. The van der Waals surface area contributed by atoms with Crippen molar-refractivity contribution in [2.45, 2.75) is 44.0 Å². The van der Waals surface area contributed by atoms with Gasteiger partial charge in [0.05, 0.1) is 18.1 Å². The Kier molecular flexibility index (Phi) is 13.0. The molecule has 1 aromatic carbocycles. The number of rotatable bonds is 10. The second kappa shape index (κ2) is 14.3. The number of morpholine rings is 1. The Hall–Kier alpha value is -0.910. The van der Waals surface area contributed by atoms with Crippen LogP contribution in [0.25, 0.3) is 0 Å². The van der Waals surface area contributed by atoms with Crippen molar-refractivity contribution < 1.29 is 13.2 Å². The summed E-state index contributed by atoms with van der Waals surface area (Å²) in [7, 11) is -1.36. The molecular weight excluding hydrogens is 527 g/mol. The molecule has 1 aromatic rings. The monoisotopic (exact) mass is 566 g/mol. The summed E-state index contributed by atoms with van der Waals surface area (Å²) in [4.78, 5) is 7.27. The first-order valence-electron chi connectivity index (χ1n) is 10.9. The summed E-state index contributed by atoms with van der Waals surface area (Å²) in [6, 6.07) is 7.54. The van der Waals surface area contributed by atoms with Gasteiger partial charge in [0.25, 0.3) is 0 Å². The lowest BCUT2D eigenvalue weighted by Crippen LogP contribution is -2.53. The van der Waals surface area contributed by atoms with Gasteiger partial charge in [-0.05, 0) is 30.0 Å². The van der Waals surface area contributed by atoms with Gasteiger partial charge in [0, 0.05) is 45.5 Å². The highest BCUT2D eigenvalue weighted by molar-refractivity contribution is 14.0. The molecule has 0 aliphatic carbocycles. The predicted molar refractivity (Wildman–Crippen MR) is 138 cm³/mol. The molecule has 1 atom stereocenters. The van der Waals surface area contributed by atoms with E-state index in [4.69, 9.17) is 4.74 Å². The summed E-state index contributed by atoms with van der Waals surface area (Å²) in [5, 5.41) is 6.88. The fourth-order valence-corrected chi connectivity index (χ4v) is 4.62. The van der Waals surface area contributed by atoms with Gasteiger partial charge in [0.1, 0.15) is 0 Å². The summed E-state index contributed by atoms with van der Waals surface area (Å²) in [6.45, 7) is 9.70. The van der Waals surface area contributed by atoms with Crippen LogP contribution >= 0.6 is 24.0 Å². The highest BCUT2D eigenvalue weighted by atomic mass is 127. The van der Waals surface area contributed by atoms with Crippen molar-refractivity contribution in [3.63, 3.8) is 0 Å². The van der Waals surface area contributed by atoms with Crippen LogP contribution < -0.4 is 10.6 Å². The standard InChI is InChI=1S/C22H38N4O3S.HI/c1-5-19(6-2)21(26-13-15-29-16-14-26)17-25-22(23-3)24-12-11-18-7-9-20(10-8-18)30(4,27)28;/h7-10,19,21H,5-6,11-17H2,1-4H3,(H2,23,24,25);1H. The molecule has 31 heavy (non-hydrogen) atoms. The van der Waals surface area contributed by atoms with E-state index >= 15 is 0 Å². The summed E-state index contributed by atoms with van der Waals surface area (Å²) < 4.78 is 28.7. The lowest BCUT2D eigenvalue weighted by Gasteiger charge is -2.39. The van der Waals surface area contributed by atoms with Crippen LogP contribution in [0.15, 0.2) is 34.2 Å². The van der Waals surface area contributed by atoms with Crippen LogP contribution in [0.2, 0.25) is 0 Å². The van der Waals surface area contributed by atoms with Crippen molar-refractivity contribution in [2.75, 3.05) is 52.7 Å². The van der Waals surface area contributed by atoms with Gasteiger partial charge in [-0.1, -0.05) is 38.8 Å². The largest absolute Gasteiger partial charge is 0.379 e. The number of hydrogen-bond acceptors (Lipinski definition) is 5. The molecule has 0 saturated carbocycles. The Morgan fingerprint density at radius 2 is 1.74 bits per heavy atom. The molecule has 2 rings (SSSR count). The molecule has 0 radical (unpaired) electrons. The average molecular weight is 567 g/mol. The van der Waals surface area contributed by atoms with E-state index in [1.165, 1.54) is 6.26 Å². The molecule has 0 aromatic heterocycles. The molecule has 7 nitrogen and oxygen atoms in total. The quantitative estimate of drug-likeness (QED) is 0.258. The minimum Gasteiger partial charge on any atom is -0.379 e. The summed E-state index contributed by atoms with van der Waals surface area (Å²) in [5.74, 6) is 1.44. The van der Waals surface area contributed by atoms with Gasteiger partial charge in [-0.25, -0.2) is 8.42 Å². The van der Waals surface area contributed by atoms with E-state index in [0.717, 1.165) is 70.2 Å². The fourth-order valence-electron chi connectivity index (χ4n) is 3.99. The fraction of sp³-hybridized carbons (Fsp3) is 0.682. The maximum absolute atomic E-state index is 11.6. The zero-order valence-corrected chi connectivity index (χ0v) is 22.4. The molecule has 1 unspecified atom stereocenters. The molecule has 1 aliphatic rings. The number of guanidine groups is 1. The normalized spacial score (nSPS) is 16.6. The van der Waals surface area contributed by atoms with Gasteiger partial charge in [-0.15, -0.1) is 24.0 Å². The number of nitrogens with one attached hydrogen (secondary N) is 2. The molecule has 1 saturated heterocycles. The van der Waals surface area contributed by atoms with Crippen molar-refractivity contribution in [1.29, 1.82) is 0 Å². The molecule has 1 fully saturated rings. The van der Waals surface area contributed by atoms with Gasteiger partial charge in [-0.2, -0.15) is 0 Å². The Morgan fingerprint density at radius 1 is 1.13 bits per heavy atom. The van der Waals surface area contributed by atoms with Gasteiger partial charge in [-0.3, -0.25) is 9.89 Å². The molecule has 0 bridgehead atoms. The van der Waals surface area contributed by atoms with Gasteiger partial charge in [0.2, 0.25) is 0 Å².